The Kier molecular flexibility index (Phi) is 3.81. The highest BCUT2D eigenvalue weighted by Crippen LogP contribution is 2.17. The van der Waals surface area contributed by atoms with Crippen molar-refractivity contribution in [3.05, 3.63) is 54.1 Å². The Balaban J connectivity index is 1.61. The van der Waals surface area contributed by atoms with E-state index >= 15 is 0 Å². The molecule has 1 N–H and O–H groups in total. The van der Waals surface area contributed by atoms with Crippen LogP contribution in [0.4, 0.5) is 5.69 Å². The van der Waals surface area contributed by atoms with E-state index in [0.717, 1.165) is 24.3 Å². The lowest BCUT2D eigenvalue weighted by atomic mass is 10.2. The number of likely N-dealkylation sites (tertiary alicyclic amines) is 1. The molecule has 0 aliphatic carbocycles. The molecule has 1 amide bonds. The molecule has 5 heteroatoms. The molecule has 0 bridgehead atoms. The minimum absolute atomic E-state index is 0.0537. The molecule has 1 unspecified atom stereocenters. The van der Waals surface area contributed by atoms with Gasteiger partial charge in [-0.25, -0.2) is 0 Å². The molecule has 108 valence electrons. The number of rotatable bonds is 3. The fourth-order valence-corrected chi connectivity index (χ4v) is 2.52. The van der Waals surface area contributed by atoms with Crippen LogP contribution in [0.25, 0.3) is 0 Å². The third-order valence-electron chi connectivity index (χ3n) is 3.67. The van der Waals surface area contributed by atoms with Crippen molar-refractivity contribution in [1.29, 1.82) is 0 Å². The van der Waals surface area contributed by atoms with Gasteiger partial charge in [-0.05, 0) is 37.6 Å². The van der Waals surface area contributed by atoms with Crippen LogP contribution in [0.5, 0.6) is 0 Å². The summed E-state index contributed by atoms with van der Waals surface area (Å²) >= 11 is 0. The number of pyridine rings is 2. The van der Waals surface area contributed by atoms with Gasteiger partial charge in [-0.3, -0.25) is 14.8 Å². The van der Waals surface area contributed by atoms with Gasteiger partial charge >= 0.3 is 0 Å². The zero-order valence-corrected chi connectivity index (χ0v) is 12.0. The zero-order valence-electron chi connectivity index (χ0n) is 12.0. The maximum absolute atomic E-state index is 12.4. The molecule has 1 saturated heterocycles. The molecule has 3 heterocycles. The minimum atomic E-state index is 0.0537. The molecule has 1 aliphatic heterocycles. The van der Waals surface area contributed by atoms with Crippen molar-refractivity contribution < 1.29 is 4.79 Å². The van der Waals surface area contributed by atoms with Gasteiger partial charge < -0.3 is 10.2 Å². The first kappa shape index (κ1) is 13.5. The van der Waals surface area contributed by atoms with Crippen molar-refractivity contribution in [3.8, 4) is 0 Å². The largest absolute Gasteiger partial charge is 0.379 e. The Bertz CT molecular complexity index is 612. The van der Waals surface area contributed by atoms with Crippen LogP contribution in [0.2, 0.25) is 0 Å². The molecular weight excluding hydrogens is 264 g/mol. The Morgan fingerprint density at radius 2 is 2.24 bits per heavy atom. The van der Waals surface area contributed by atoms with Gasteiger partial charge in [0.1, 0.15) is 0 Å². The number of amides is 1. The average molecular weight is 282 g/mol. The van der Waals surface area contributed by atoms with E-state index in [1.54, 1.807) is 18.6 Å². The lowest BCUT2D eigenvalue weighted by Crippen LogP contribution is -2.31. The third-order valence-corrected chi connectivity index (χ3v) is 3.67. The van der Waals surface area contributed by atoms with E-state index in [-0.39, 0.29) is 11.9 Å². The molecule has 0 saturated carbocycles. The van der Waals surface area contributed by atoms with E-state index < -0.39 is 0 Å². The SMILES string of the molecule is Cc1ccc(C(=O)N2CCC(Nc3cccnc3)C2)cn1. The van der Waals surface area contributed by atoms with Crippen molar-refractivity contribution in [3.63, 3.8) is 0 Å². The summed E-state index contributed by atoms with van der Waals surface area (Å²) < 4.78 is 0. The quantitative estimate of drug-likeness (QED) is 0.936. The molecular formula is C16H18N4O. The molecule has 0 radical (unpaired) electrons. The van der Waals surface area contributed by atoms with Crippen LogP contribution < -0.4 is 5.32 Å². The van der Waals surface area contributed by atoms with Gasteiger partial charge in [0.2, 0.25) is 0 Å². The number of nitrogens with one attached hydrogen (secondary N) is 1. The van der Waals surface area contributed by atoms with E-state index in [2.05, 4.69) is 15.3 Å². The molecule has 2 aromatic heterocycles. The van der Waals surface area contributed by atoms with Gasteiger partial charge in [0.15, 0.2) is 0 Å². The molecule has 3 rings (SSSR count). The molecule has 21 heavy (non-hydrogen) atoms. The molecule has 5 nitrogen and oxygen atoms in total. The van der Waals surface area contributed by atoms with Gasteiger partial charge in [-0.15, -0.1) is 0 Å². The lowest BCUT2D eigenvalue weighted by molar-refractivity contribution is 0.0791. The van der Waals surface area contributed by atoms with Gasteiger partial charge in [-0.2, -0.15) is 0 Å². The standard InChI is InChI=1S/C16H18N4O/c1-12-4-5-13(9-18-12)16(21)20-8-6-15(11-20)19-14-3-2-7-17-10-14/h2-5,7,9-10,15,19H,6,8,11H2,1H3. The fraction of sp³-hybridized carbons (Fsp3) is 0.312. The summed E-state index contributed by atoms with van der Waals surface area (Å²) in [6.45, 7) is 3.39. The molecule has 2 aromatic rings. The number of carbonyl (C=O) groups excluding carboxylic acids is 1. The average Bonchev–Trinajstić information content (AvgIpc) is 2.97. The lowest BCUT2D eigenvalue weighted by Gasteiger charge is -2.17. The van der Waals surface area contributed by atoms with Crippen LogP contribution in [-0.4, -0.2) is 39.9 Å². The number of hydrogen-bond donors (Lipinski definition) is 1. The summed E-state index contributed by atoms with van der Waals surface area (Å²) in [5, 5.41) is 3.41. The van der Waals surface area contributed by atoms with E-state index in [9.17, 15) is 4.79 Å². The number of anilines is 1. The second-order valence-corrected chi connectivity index (χ2v) is 5.31. The van der Waals surface area contributed by atoms with Crippen LogP contribution in [0.3, 0.4) is 0 Å². The monoisotopic (exact) mass is 282 g/mol. The molecule has 1 fully saturated rings. The first-order valence-corrected chi connectivity index (χ1v) is 7.11. The topological polar surface area (TPSA) is 58.1 Å². The zero-order chi connectivity index (χ0) is 14.7. The molecule has 0 spiro atoms. The smallest absolute Gasteiger partial charge is 0.255 e. The van der Waals surface area contributed by atoms with Crippen LogP contribution in [-0.2, 0) is 0 Å². The minimum Gasteiger partial charge on any atom is -0.379 e. The summed E-state index contributed by atoms with van der Waals surface area (Å²) in [6, 6.07) is 7.87. The van der Waals surface area contributed by atoms with Crippen molar-refractivity contribution in [2.45, 2.75) is 19.4 Å². The van der Waals surface area contributed by atoms with Crippen LogP contribution in [0.1, 0.15) is 22.5 Å². The van der Waals surface area contributed by atoms with Gasteiger partial charge in [-0.1, -0.05) is 0 Å². The van der Waals surface area contributed by atoms with Gasteiger partial charge in [0.25, 0.3) is 5.91 Å². The summed E-state index contributed by atoms with van der Waals surface area (Å²) in [4.78, 5) is 22.5. The maximum atomic E-state index is 12.4. The van der Waals surface area contributed by atoms with E-state index in [0.29, 0.717) is 12.1 Å². The molecule has 0 aromatic carbocycles. The summed E-state index contributed by atoms with van der Waals surface area (Å²) in [5.41, 5.74) is 2.57. The highest BCUT2D eigenvalue weighted by atomic mass is 16.2. The van der Waals surface area contributed by atoms with Crippen molar-refractivity contribution in [2.75, 3.05) is 18.4 Å². The Labute approximate surface area is 124 Å². The van der Waals surface area contributed by atoms with Crippen LogP contribution in [0, 0.1) is 6.92 Å². The molecule has 1 atom stereocenters. The highest BCUT2D eigenvalue weighted by molar-refractivity contribution is 5.94. The summed E-state index contributed by atoms with van der Waals surface area (Å²) in [5.74, 6) is 0.0537. The Morgan fingerprint density at radius 3 is 2.95 bits per heavy atom. The Hall–Kier alpha value is -2.43. The number of aryl methyl sites for hydroxylation is 1. The second-order valence-electron chi connectivity index (χ2n) is 5.31. The number of carbonyl (C=O) groups is 1. The van der Waals surface area contributed by atoms with E-state index in [1.165, 1.54) is 0 Å². The van der Waals surface area contributed by atoms with E-state index in [4.69, 9.17) is 0 Å². The van der Waals surface area contributed by atoms with Gasteiger partial charge in [0.05, 0.1) is 11.3 Å². The number of nitrogens with zero attached hydrogens (tertiary/aromatic N) is 3. The summed E-state index contributed by atoms with van der Waals surface area (Å²) in [7, 11) is 0. The van der Waals surface area contributed by atoms with Gasteiger partial charge in [0, 0.05) is 43.4 Å². The van der Waals surface area contributed by atoms with Crippen molar-refractivity contribution >= 4 is 11.6 Å². The fourth-order valence-electron chi connectivity index (χ4n) is 2.52. The van der Waals surface area contributed by atoms with Crippen LogP contribution >= 0.6 is 0 Å². The Morgan fingerprint density at radius 1 is 1.33 bits per heavy atom. The third kappa shape index (κ3) is 3.18. The number of aromatic nitrogens is 2. The second kappa shape index (κ2) is 5.91. The predicted molar refractivity (Wildman–Crippen MR) is 81.1 cm³/mol. The molecule has 1 aliphatic rings. The summed E-state index contributed by atoms with van der Waals surface area (Å²) in [6.07, 6.45) is 6.15. The normalized spacial score (nSPS) is 17.8. The highest BCUT2D eigenvalue weighted by Gasteiger charge is 2.26. The van der Waals surface area contributed by atoms with E-state index in [1.807, 2.05) is 36.1 Å². The number of hydrogen-bond acceptors (Lipinski definition) is 4. The van der Waals surface area contributed by atoms with Crippen molar-refractivity contribution in [2.24, 2.45) is 0 Å². The van der Waals surface area contributed by atoms with Crippen molar-refractivity contribution in [1.82, 2.24) is 14.9 Å². The van der Waals surface area contributed by atoms with Crippen LogP contribution in [0.15, 0.2) is 42.9 Å². The maximum Gasteiger partial charge on any atom is 0.255 e. The first-order chi connectivity index (χ1) is 10.2. The predicted octanol–water partition coefficient (Wildman–Crippen LogP) is 2.11. The first-order valence-electron chi connectivity index (χ1n) is 7.11.